The van der Waals surface area contributed by atoms with Crippen LogP contribution in [0.4, 0.5) is 0 Å². The molecule has 0 unspecified atom stereocenters. The van der Waals surface area contributed by atoms with Crippen molar-refractivity contribution in [3.63, 3.8) is 0 Å². The normalized spacial score (nSPS) is 25.0. The van der Waals surface area contributed by atoms with Gasteiger partial charge in [0.15, 0.2) is 0 Å². The van der Waals surface area contributed by atoms with Crippen LogP contribution < -0.4 is 5.32 Å². The van der Waals surface area contributed by atoms with E-state index in [1.54, 1.807) is 6.33 Å². The molecule has 0 aliphatic carbocycles. The molecule has 2 aliphatic rings. The maximum atomic E-state index is 13.4. The van der Waals surface area contributed by atoms with Crippen molar-refractivity contribution in [3.8, 4) is 0 Å². The number of likely N-dealkylation sites (tertiary alicyclic amines) is 1. The van der Waals surface area contributed by atoms with Crippen LogP contribution in [0.25, 0.3) is 11.0 Å². The molecule has 0 radical (unpaired) electrons. The highest BCUT2D eigenvalue weighted by Crippen LogP contribution is 2.44. The van der Waals surface area contributed by atoms with E-state index in [0.717, 1.165) is 36.2 Å². The van der Waals surface area contributed by atoms with Gasteiger partial charge in [-0.15, -0.1) is 0 Å². The standard InChI is InChI=1S/C21H22N4O/c1-13-4-2-3-5-16(13)20-17-10-22-9-15(17)11-25(20)21(26)14-6-7-18-19(8-14)24-12-23-18/h2-8,12,15,17,20,22H,9-11H2,1H3,(H,23,24)/t15-,17-,20+/m0/s1. The van der Waals surface area contributed by atoms with Gasteiger partial charge in [0, 0.05) is 31.1 Å². The molecule has 2 aliphatic heterocycles. The number of carbonyl (C=O) groups is 1. The average Bonchev–Trinajstić information content (AvgIpc) is 3.36. The molecular weight excluding hydrogens is 324 g/mol. The summed E-state index contributed by atoms with van der Waals surface area (Å²) in [5.74, 6) is 1.12. The lowest BCUT2D eigenvalue weighted by Gasteiger charge is -2.29. The Morgan fingerprint density at radius 1 is 1.19 bits per heavy atom. The van der Waals surface area contributed by atoms with Gasteiger partial charge in [-0.2, -0.15) is 0 Å². The first-order chi connectivity index (χ1) is 12.7. The molecule has 2 aromatic carbocycles. The average molecular weight is 346 g/mol. The van der Waals surface area contributed by atoms with Gasteiger partial charge in [0.2, 0.25) is 0 Å². The minimum absolute atomic E-state index is 0.115. The van der Waals surface area contributed by atoms with Crippen LogP contribution in [-0.2, 0) is 0 Å². The number of hydrogen-bond acceptors (Lipinski definition) is 3. The molecule has 1 amide bonds. The van der Waals surface area contributed by atoms with Crippen LogP contribution in [0, 0.1) is 18.8 Å². The van der Waals surface area contributed by atoms with E-state index < -0.39 is 0 Å². The number of imidazole rings is 1. The number of nitrogens with one attached hydrogen (secondary N) is 2. The Hall–Kier alpha value is -2.66. The third kappa shape index (κ3) is 2.35. The van der Waals surface area contributed by atoms with E-state index >= 15 is 0 Å². The van der Waals surface area contributed by atoms with Gasteiger partial charge in [-0.05, 0) is 42.2 Å². The number of H-pyrrole nitrogens is 1. The number of aryl methyl sites for hydroxylation is 1. The summed E-state index contributed by atoms with van der Waals surface area (Å²) in [5, 5.41) is 3.51. The molecule has 2 fully saturated rings. The molecule has 3 heterocycles. The summed E-state index contributed by atoms with van der Waals surface area (Å²) in [6.07, 6.45) is 1.67. The van der Waals surface area contributed by atoms with Crippen molar-refractivity contribution in [2.24, 2.45) is 11.8 Å². The topological polar surface area (TPSA) is 61.0 Å². The fraction of sp³-hybridized carbons (Fsp3) is 0.333. The highest BCUT2D eigenvalue weighted by atomic mass is 16.2. The minimum Gasteiger partial charge on any atom is -0.345 e. The lowest BCUT2D eigenvalue weighted by atomic mass is 9.87. The van der Waals surface area contributed by atoms with E-state index in [4.69, 9.17) is 0 Å². The van der Waals surface area contributed by atoms with E-state index in [1.165, 1.54) is 11.1 Å². The molecule has 5 heteroatoms. The number of aromatic amines is 1. The highest BCUT2D eigenvalue weighted by molar-refractivity contribution is 5.97. The summed E-state index contributed by atoms with van der Waals surface area (Å²) in [6, 6.07) is 14.3. The number of carbonyl (C=O) groups excluding carboxylic acids is 1. The molecule has 0 saturated carbocycles. The van der Waals surface area contributed by atoms with Gasteiger partial charge < -0.3 is 15.2 Å². The van der Waals surface area contributed by atoms with Gasteiger partial charge in [0.1, 0.15) is 0 Å². The number of hydrogen-bond donors (Lipinski definition) is 2. The first-order valence-corrected chi connectivity index (χ1v) is 9.23. The second-order valence-corrected chi connectivity index (χ2v) is 7.48. The Morgan fingerprint density at radius 3 is 2.96 bits per heavy atom. The van der Waals surface area contributed by atoms with Crippen LogP contribution in [0.15, 0.2) is 48.8 Å². The molecule has 1 aromatic heterocycles. The van der Waals surface area contributed by atoms with E-state index in [-0.39, 0.29) is 11.9 Å². The number of fused-ring (bicyclic) bond motifs is 2. The van der Waals surface area contributed by atoms with Crippen molar-refractivity contribution in [2.45, 2.75) is 13.0 Å². The molecule has 3 aromatic rings. The van der Waals surface area contributed by atoms with Crippen LogP contribution in [0.1, 0.15) is 27.5 Å². The Kier molecular flexibility index (Phi) is 3.57. The zero-order chi connectivity index (χ0) is 17.7. The second-order valence-electron chi connectivity index (χ2n) is 7.48. The summed E-state index contributed by atoms with van der Waals surface area (Å²) in [7, 11) is 0. The third-order valence-corrected chi connectivity index (χ3v) is 6.00. The number of amides is 1. The Morgan fingerprint density at radius 2 is 2.08 bits per heavy atom. The van der Waals surface area contributed by atoms with Crippen LogP contribution in [-0.4, -0.2) is 40.4 Å². The smallest absolute Gasteiger partial charge is 0.254 e. The quantitative estimate of drug-likeness (QED) is 0.750. The highest BCUT2D eigenvalue weighted by Gasteiger charge is 2.47. The predicted octanol–water partition coefficient (Wildman–Crippen LogP) is 2.90. The largest absolute Gasteiger partial charge is 0.345 e. The van der Waals surface area contributed by atoms with Crippen molar-refractivity contribution < 1.29 is 4.79 Å². The molecule has 2 saturated heterocycles. The summed E-state index contributed by atoms with van der Waals surface area (Å²) in [5.41, 5.74) is 5.06. The van der Waals surface area contributed by atoms with E-state index in [1.807, 2.05) is 18.2 Å². The predicted molar refractivity (Wildman–Crippen MR) is 101 cm³/mol. The van der Waals surface area contributed by atoms with Gasteiger partial charge in [-0.25, -0.2) is 4.98 Å². The van der Waals surface area contributed by atoms with Crippen LogP contribution in [0.3, 0.4) is 0 Å². The lowest BCUT2D eigenvalue weighted by Crippen LogP contribution is -2.35. The number of benzene rings is 2. The van der Waals surface area contributed by atoms with E-state index in [0.29, 0.717) is 11.8 Å². The summed E-state index contributed by atoms with van der Waals surface area (Å²) in [6.45, 7) is 4.93. The number of nitrogens with zero attached hydrogens (tertiary/aromatic N) is 2. The SMILES string of the molecule is Cc1ccccc1[C@@H]1[C@H]2CNC[C@H]2CN1C(=O)c1ccc2nc[nH]c2c1. The van der Waals surface area contributed by atoms with E-state index in [2.05, 4.69) is 51.4 Å². The molecule has 3 atom stereocenters. The van der Waals surface area contributed by atoms with Crippen LogP contribution in [0.2, 0.25) is 0 Å². The van der Waals surface area contributed by atoms with Gasteiger partial charge in [0.05, 0.1) is 23.4 Å². The monoisotopic (exact) mass is 346 g/mol. The van der Waals surface area contributed by atoms with Crippen molar-refractivity contribution in [3.05, 3.63) is 65.5 Å². The maximum Gasteiger partial charge on any atom is 0.254 e. The zero-order valence-corrected chi connectivity index (χ0v) is 14.8. The Bertz CT molecular complexity index is 979. The first-order valence-electron chi connectivity index (χ1n) is 9.23. The Balaban J connectivity index is 1.55. The molecular formula is C21H22N4O. The fourth-order valence-electron chi connectivity index (χ4n) is 4.68. The molecule has 2 N–H and O–H groups in total. The molecule has 5 nitrogen and oxygen atoms in total. The number of aromatic nitrogens is 2. The van der Waals surface area contributed by atoms with Crippen LogP contribution >= 0.6 is 0 Å². The maximum absolute atomic E-state index is 13.4. The zero-order valence-electron chi connectivity index (χ0n) is 14.8. The fourth-order valence-corrected chi connectivity index (χ4v) is 4.68. The molecule has 0 spiro atoms. The number of rotatable bonds is 2. The van der Waals surface area contributed by atoms with Gasteiger partial charge in [0.25, 0.3) is 5.91 Å². The van der Waals surface area contributed by atoms with E-state index in [9.17, 15) is 4.79 Å². The van der Waals surface area contributed by atoms with Crippen molar-refractivity contribution >= 4 is 16.9 Å². The van der Waals surface area contributed by atoms with Gasteiger partial charge in [-0.3, -0.25) is 4.79 Å². The van der Waals surface area contributed by atoms with Gasteiger partial charge in [-0.1, -0.05) is 24.3 Å². The van der Waals surface area contributed by atoms with Crippen molar-refractivity contribution in [1.82, 2.24) is 20.2 Å². The summed E-state index contributed by atoms with van der Waals surface area (Å²) < 4.78 is 0. The van der Waals surface area contributed by atoms with Gasteiger partial charge >= 0.3 is 0 Å². The molecule has 26 heavy (non-hydrogen) atoms. The summed E-state index contributed by atoms with van der Waals surface area (Å²) in [4.78, 5) is 22.9. The molecule has 132 valence electrons. The van der Waals surface area contributed by atoms with Crippen molar-refractivity contribution in [1.29, 1.82) is 0 Å². The Labute approximate surface area is 152 Å². The molecule has 0 bridgehead atoms. The van der Waals surface area contributed by atoms with Crippen molar-refractivity contribution in [2.75, 3.05) is 19.6 Å². The lowest BCUT2D eigenvalue weighted by molar-refractivity contribution is 0.0714. The molecule has 5 rings (SSSR count). The summed E-state index contributed by atoms with van der Waals surface area (Å²) >= 11 is 0. The third-order valence-electron chi connectivity index (χ3n) is 6.00. The minimum atomic E-state index is 0.115. The van der Waals surface area contributed by atoms with Crippen LogP contribution in [0.5, 0.6) is 0 Å². The second kappa shape index (κ2) is 5.95. The first kappa shape index (κ1) is 15.6.